The van der Waals surface area contributed by atoms with E-state index in [0.29, 0.717) is 23.8 Å². The smallest absolute Gasteiger partial charge is 0.251 e. The van der Waals surface area contributed by atoms with Crippen LogP contribution in [0.4, 0.5) is 5.00 Å². The third-order valence-corrected chi connectivity index (χ3v) is 7.73. The fraction of sp³-hybridized carbons (Fsp3) is 0.478. The number of thiophene rings is 1. The molecule has 1 aromatic carbocycles. The van der Waals surface area contributed by atoms with Gasteiger partial charge in [-0.3, -0.25) is 14.5 Å². The van der Waals surface area contributed by atoms with Crippen LogP contribution in [0.15, 0.2) is 18.2 Å². The summed E-state index contributed by atoms with van der Waals surface area (Å²) in [5.41, 5.74) is 8.30. The number of aryl methyl sites for hydroxylation is 1. The molecule has 0 unspecified atom stereocenters. The molecule has 164 valence electrons. The molecule has 2 amide bonds. The molecule has 3 aliphatic rings. The molecule has 3 N–H and O–H groups in total. The van der Waals surface area contributed by atoms with E-state index >= 15 is 0 Å². The number of nitrogens with two attached hydrogens (primary N) is 1. The highest BCUT2D eigenvalue weighted by Gasteiger charge is 2.35. The number of carbonyl (C=O) groups is 2. The summed E-state index contributed by atoms with van der Waals surface area (Å²) >= 11 is 1.50. The monoisotopic (exact) mass is 441 g/mol. The standard InChI is InChI=1S/C23H27N3O4S/c1-13(22(28)25-23-20(21(24)27)15-4-2-6-19(15)31-23)26-9-3-5-16(26)14-7-8-17-18(12-14)30-11-10-29-17/h7-8,12-13,16H,2-6,9-11H2,1H3,(H2,24,27)(H,25,28)/t13-,16-/m0/s1. The molecule has 0 bridgehead atoms. The Morgan fingerprint density at radius 3 is 2.81 bits per heavy atom. The van der Waals surface area contributed by atoms with Gasteiger partial charge in [-0.1, -0.05) is 6.07 Å². The first-order valence-electron chi connectivity index (χ1n) is 10.9. The van der Waals surface area contributed by atoms with E-state index in [2.05, 4.69) is 16.3 Å². The Kier molecular flexibility index (Phi) is 5.35. The van der Waals surface area contributed by atoms with Gasteiger partial charge in [0.2, 0.25) is 5.91 Å². The molecule has 3 heterocycles. The predicted octanol–water partition coefficient (Wildman–Crippen LogP) is 3.27. The maximum Gasteiger partial charge on any atom is 0.251 e. The number of nitrogens with zero attached hydrogens (tertiary/aromatic N) is 1. The van der Waals surface area contributed by atoms with Gasteiger partial charge in [0.25, 0.3) is 5.91 Å². The van der Waals surface area contributed by atoms with Crippen LogP contribution >= 0.6 is 11.3 Å². The summed E-state index contributed by atoms with van der Waals surface area (Å²) in [6.45, 7) is 3.89. The molecule has 31 heavy (non-hydrogen) atoms. The Balaban J connectivity index is 1.34. The van der Waals surface area contributed by atoms with Gasteiger partial charge in [0.1, 0.15) is 18.2 Å². The number of hydrogen-bond donors (Lipinski definition) is 2. The number of amides is 2. The van der Waals surface area contributed by atoms with Gasteiger partial charge in [0, 0.05) is 10.9 Å². The molecule has 0 saturated carbocycles. The summed E-state index contributed by atoms with van der Waals surface area (Å²) in [7, 11) is 0. The van der Waals surface area contributed by atoms with E-state index in [1.165, 1.54) is 16.2 Å². The normalized spacial score (nSPS) is 21.0. The SMILES string of the molecule is C[C@@H](C(=O)Nc1sc2c(c1C(N)=O)CCC2)N1CCC[C@H]1c1ccc2c(c1)OCCO2. The first-order chi connectivity index (χ1) is 15.0. The summed E-state index contributed by atoms with van der Waals surface area (Å²) < 4.78 is 11.4. The fourth-order valence-corrected chi connectivity index (χ4v) is 6.30. The second-order valence-corrected chi connectivity index (χ2v) is 9.50. The molecule has 1 fully saturated rings. The molecule has 2 aromatic rings. The lowest BCUT2D eigenvalue weighted by atomic mass is 10.0. The van der Waals surface area contributed by atoms with Gasteiger partial charge in [0.15, 0.2) is 11.5 Å². The fourth-order valence-electron chi connectivity index (χ4n) is 5.00. The van der Waals surface area contributed by atoms with Crippen molar-refractivity contribution in [1.29, 1.82) is 0 Å². The molecule has 5 rings (SSSR count). The molecule has 0 spiro atoms. The van der Waals surface area contributed by atoms with Crippen LogP contribution in [0.2, 0.25) is 0 Å². The van der Waals surface area contributed by atoms with Crippen LogP contribution in [0.3, 0.4) is 0 Å². The summed E-state index contributed by atoms with van der Waals surface area (Å²) in [5, 5.41) is 3.61. The van der Waals surface area contributed by atoms with Crippen molar-refractivity contribution in [3.63, 3.8) is 0 Å². The number of fused-ring (bicyclic) bond motifs is 2. The van der Waals surface area contributed by atoms with Crippen molar-refractivity contribution >= 4 is 28.2 Å². The molecular weight excluding hydrogens is 414 g/mol. The molecular formula is C23H27N3O4S. The van der Waals surface area contributed by atoms with E-state index in [9.17, 15) is 9.59 Å². The third-order valence-electron chi connectivity index (χ3n) is 6.53. The Labute approximate surface area is 185 Å². The van der Waals surface area contributed by atoms with Gasteiger partial charge in [-0.2, -0.15) is 0 Å². The van der Waals surface area contributed by atoms with E-state index in [1.54, 1.807) is 0 Å². The number of hydrogen-bond acceptors (Lipinski definition) is 6. The lowest BCUT2D eigenvalue weighted by Gasteiger charge is -2.30. The molecule has 1 aromatic heterocycles. The highest BCUT2D eigenvalue weighted by atomic mass is 32.1. The molecule has 8 heteroatoms. The van der Waals surface area contributed by atoms with E-state index in [0.717, 1.165) is 61.3 Å². The number of anilines is 1. The maximum atomic E-state index is 13.2. The quantitative estimate of drug-likeness (QED) is 0.743. The van der Waals surface area contributed by atoms with E-state index in [-0.39, 0.29) is 18.0 Å². The minimum atomic E-state index is -0.460. The summed E-state index contributed by atoms with van der Waals surface area (Å²) in [6, 6.07) is 5.86. The Bertz CT molecular complexity index is 1030. The van der Waals surface area contributed by atoms with Crippen LogP contribution in [-0.4, -0.2) is 42.5 Å². The largest absolute Gasteiger partial charge is 0.486 e. The van der Waals surface area contributed by atoms with Crippen LogP contribution < -0.4 is 20.5 Å². The number of nitrogens with one attached hydrogen (secondary N) is 1. The van der Waals surface area contributed by atoms with Gasteiger partial charge in [-0.25, -0.2) is 0 Å². The van der Waals surface area contributed by atoms with Gasteiger partial charge in [0.05, 0.1) is 11.6 Å². The Morgan fingerprint density at radius 1 is 1.19 bits per heavy atom. The zero-order chi connectivity index (χ0) is 21.5. The molecule has 0 radical (unpaired) electrons. The first kappa shape index (κ1) is 20.3. The van der Waals surface area contributed by atoms with Crippen molar-refractivity contribution in [3.8, 4) is 11.5 Å². The predicted molar refractivity (Wildman–Crippen MR) is 119 cm³/mol. The number of primary amides is 1. The molecule has 7 nitrogen and oxygen atoms in total. The average molecular weight is 442 g/mol. The molecule has 1 aliphatic carbocycles. The number of carbonyl (C=O) groups excluding carboxylic acids is 2. The van der Waals surface area contributed by atoms with Gasteiger partial charge >= 0.3 is 0 Å². The lowest BCUT2D eigenvalue weighted by molar-refractivity contribution is -0.121. The van der Waals surface area contributed by atoms with Crippen LogP contribution in [0, 0.1) is 0 Å². The zero-order valence-electron chi connectivity index (χ0n) is 17.6. The van der Waals surface area contributed by atoms with E-state index in [4.69, 9.17) is 15.2 Å². The minimum Gasteiger partial charge on any atom is -0.486 e. The van der Waals surface area contributed by atoms with Gasteiger partial charge in [-0.15, -0.1) is 11.3 Å². The van der Waals surface area contributed by atoms with Crippen molar-refractivity contribution in [2.24, 2.45) is 5.73 Å². The van der Waals surface area contributed by atoms with Crippen molar-refractivity contribution in [2.75, 3.05) is 25.1 Å². The second kappa shape index (κ2) is 8.16. The van der Waals surface area contributed by atoms with Crippen molar-refractivity contribution < 1.29 is 19.1 Å². The van der Waals surface area contributed by atoms with E-state index < -0.39 is 5.91 Å². The van der Waals surface area contributed by atoms with Crippen LogP contribution in [-0.2, 0) is 17.6 Å². The topological polar surface area (TPSA) is 93.9 Å². The zero-order valence-corrected chi connectivity index (χ0v) is 18.4. The first-order valence-corrected chi connectivity index (χ1v) is 11.7. The Hall–Kier alpha value is -2.58. The van der Waals surface area contributed by atoms with Gasteiger partial charge < -0.3 is 20.5 Å². The highest BCUT2D eigenvalue weighted by molar-refractivity contribution is 7.17. The number of likely N-dealkylation sites (tertiary alicyclic amines) is 1. The maximum absolute atomic E-state index is 13.2. The molecule has 1 saturated heterocycles. The summed E-state index contributed by atoms with van der Waals surface area (Å²) in [6.07, 6.45) is 4.85. The van der Waals surface area contributed by atoms with Crippen LogP contribution in [0.5, 0.6) is 11.5 Å². The minimum absolute atomic E-state index is 0.105. The third kappa shape index (κ3) is 3.68. The Morgan fingerprint density at radius 2 is 2.00 bits per heavy atom. The number of rotatable bonds is 5. The number of benzene rings is 1. The van der Waals surface area contributed by atoms with E-state index in [1.807, 2.05) is 19.1 Å². The number of ether oxygens (including phenoxy) is 2. The van der Waals surface area contributed by atoms with Crippen molar-refractivity contribution in [3.05, 3.63) is 39.8 Å². The lowest BCUT2D eigenvalue weighted by Crippen LogP contribution is -2.41. The summed E-state index contributed by atoms with van der Waals surface area (Å²) in [5.74, 6) is 0.978. The van der Waals surface area contributed by atoms with Crippen LogP contribution in [0.1, 0.15) is 58.6 Å². The molecule has 2 aliphatic heterocycles. The van der Waals surface area contributed by atoms with Crippen LogP contribution in [0.25, 0.3) is 0 Å². The summed E-state index contributed by atoms with van der Waals surface area (Å²) in [4.78, 5) is 28.6. The average Bonchev–Trinajstić information content (AvgIpc) is 3.48. The van der Waals surface area contributed by atoms with Gasteiger partial charge in [-0.05, 0) is 68.8 Å². The van der Waals surface area contributed by atoms with Crippen molar-refractivity contribution in [2.45, 2.75) is 51.1 Å². The van der Waals surface area contributed by atoms with Crippen molar-refractivity contribution in [1.82, 2.24) is 4.90 Å². The highest BCUT2D eigenvalue weighted by Crippen LogP contribution is 2.41. The molecule has 2 atom stereocenters. The second-order valence-electron chi connectivity index (χ2n) is 8.39.